The summed E-state index contributed by atoms with van der Waals surface area (Å²) in [5.41, 5.74) is 1.45. The van der Waals surface area contributed by atoms with Crippen molar-refractivity contribution in [3.8, 4) is 0 Å². The Morgan fingerprint density at radius 3 is 2.48 bits per heavy atom. The highest BCUT2D eigenvalue weighted by atomic mass is 16.3. The average molecular weight is 443 g/mol. The number of benzene rings is 3. The van der Waals surface area contributed by atoms with E-state index < -0.39 is 5.60 Å². The Bertz CT molecular complexity index is 1110. The summed E-state index contributed by atoms with van der Waals surface area (Å²) in [6, 6.07) is 25.3. The van der Waals surface area contributed by atoms with E-state index in [4.69, 9.17) is 0 Å². The fraction of sp³-hybridized carbons (Fsp3) is 0.414. The van der Waals surface area contributed by atoms with Gasteiger partial charge in [0.25, 0.3) is 5.91 Å². The molecule has 0 spiro atoms. The quantitative estimate of drug-likeness (QED) is 0.484. The van der Waals surface area contributed by atoms with Crippen LogP contribution in [0.15, 0.2) is 72.8 Å². The number of aliphatic hydroxyl groups is 1. The van der Waals surface area contributed by atoms with Crippen LogP contribution in [0.4, 0.5) is 0 Å². The molecule has 5 rings (SSSR count). The van der Waals surface area contributed by atoms with Gasteiger partial charge >= 0.3 is 0 Å². The maximum atomic E-state index is 12.7. The molecule has 3 aromatic rings. The second kappa shape index (κ2) is 9.28. The van der Waals surface area contributed by atoms with Gasteiger partial charge in [-0.1, -0.05) is 67.6 Å². The van der Waals surface area contributed by atoms with Crippen molar-refractivity contribution in [2.24, 2.45) is 0 Å². The molecule has 2 aliphatic rings. The minimum Gasteiger partial charge on any atom is -0.390 e. The summed E-state index contributed by atoms with van der Waals surface area (Å²) in [6.45, 7) is 4.22. The van der Waals surface area contributed by atoms with Crippen molar-refractivity contribution >= 4 is 16.7 Å². The second-order valence-corrected chi connectivity index (χ2v) is 9.97. The van der Waals surface area contributed by atoms with Gasteiger partial charge in [-0.25, -0.2) is 0 Å². The van der Waals surface area contributed by atoms with Crippen molar-refractivity contribution in [3.05, 3.63) is 83.9 Å². The van der Waals surface area contributed by atoms with Gasteiger partial charge in [0.2, 0.25) is 0 Å². The summed E-state index contributed by atoms with van der Waals surface area (Å²) in [5, 5.41) is 16.3. The van der Waals surface area contributed by atoms with E-state index in [2.05, 4.69) is 53.5 Å². The molecule has 0 saturated heterocycles. The lowest BCUT2D eigenvalue weighted by Crippen LogP contribution is -2.56. The largest absolute Gasteiger partial charge is 0.390 e. The summed E-state index contributed by atoms with van der Waals surface area (Å²) in [5.74, 6) is 0.576. The Balaban J connectivity index is 1.11. The molecule has 0 radical (unpaired) electrons. The van der Waals surface area contributed by atoms with Gasteiger partial charge in [-0.3, -0.25) is 9.69 Å². The molecule has 2 aliphatic carbocycles. The SMILES string of the molecule is CCCN(CCC1(O)CC(NC(=O)c2ccc3ccccc3c2)C1)[C@H]1C[C@@H]1c1ccccc1. The van der Waals surface area contributed by atoms with E-state index >= 15 is 0 Å². The number of nitrogens with one attached hydrogen (secondary N) is 1. The summed E-state index contributed by atoms with van der Waals surface area (Å²) in [6.07, 6.45) is 4.39. The first-order valence-electron chi connectivity index (χ1n) is 12.4. The number of hydrogen-bond acceptors (Lipinski definition) is 3. The van der Waals surface area contributed by atoms with Crippen LogP contribution in [0.5, 0.6) is 0 Å². The zero-order chi connectivity index (χ0) is 22.8. The van der Waals surface area contributed by atoms with Gasteiger partial charge in [-0.05, 0) is 67.1 Å². The van der Waals surface area contributed by atoms with E-state index in [-0.39, 0.29) is 11.9 Å². The molecule has 0 bridgehead atoms. The number of carbonyl (C=O) groups is 1. The fourth-order valence-corrected chi connectivity index (χ4v) is 5.49. The summed E-state index contributed by atoms with van der Waals surface area (Å²) >= 11 is 0. The Morgan fingerprint density at radius 2 is 1.73 bits per heavy atom. The van der Waals surface area contributed by atoms with Gasteiger partial charge in [0, 0.05) is 30.1 Å². The maximum Gasteiger partial charge on any atom is 0.251 e. The molecule has 4 nitrogen and oxygen atoms in total. The van der Waals surface area contributed by atoms with E-state index in [0.717, 1.165) is 36.7 Å². The Morgan fingerprint density at radius 1 is 1.00 bits per heavy atom. The van der Waals surface area contributed by atoms with E-state index in [0.29, 0.717) is 30.4 Å². The van der Waals surface area contributed by atoms with Crippen LogP contribution in [0.25, 0.3) is 10.8 Å². The van der Waals surface area contributed by atoms with Crippen molar-refractivity contribution in [2.45, 2.75) is 62.6 Å². The third-order valence-electron chi connectivity index (χ3n) is 7.43. The van der Waals surface area contributed by atoms with Crippen LogP contribution in [0.2, 0.25) is 0 Å². The molecule has 0 aliphatic heterocycles. The highest BCUT2D eigenvalue weighted by molar-refractivity contribution is 5.98. The molecule has 2 atom stereocenters. The Labute approximate surface area is 196 Å². The number of hydrogen-bond donors (Lipinski definition) is 2. The van der Waals surface area contributed by atoms with Crippen LogP contribution in [0.3, 0.4) is 0 Å². The topological polar surface area (TPSA) is 52.6 Å². The van der Waals surface area contributed by atoms with E-state index in [1.807, 2.05) is 36.4 Å². The third-order valence-corrected chi connectivity index (χ3v) is 7.43. The van der Waals surface area contributed by atoms with Crippen LogP contribution in [0, 0.1) is 0 Å². The molecule has 3 aromatic carbocycles. The van der Waals surface area contributed by atoms with Gasteiger partial charge in [-0.15, -0.1) is 0 Å². The molecule has 0 unspecified atom stereocenters. The monoisotopic (exact) mass is 442 g/mol. The second-order valence-electron chi connectivity index (χ2n) is 9.97. The van der Waals surface area contributed by atoms with Crippen LogP contribution < -0.4 is 5.32 Å². The van der Waals surface area contributed by atoms with Gasteiger partial charge in [0.05, 0.1) is 5.60 Å². The third kappa shape index (κ3) is 4.97. The van der Waals surface area contributed by atoms with Crippen LogP contribution in [0.1, 0.15) is 60.9 Å². The normalized spacial score (nSPS) is 26.2. The van der Waals surface area contributed by atoms with Gasteiger partial charge in [0.1, 0.15) is 0 Å². The van der Waals surface area contributed by atoms with E-state index in [9.17, 15) is 9.90 Å². The van der Waals surface area contributed by atoms with Crippen molar-refractivity contribution in [1.82, 2.24) is 10.2 Å². The van der Waals surface area contributed by atoms with Crippen molar-refractivity contribution < 1.29 is 9.90 Å². The molecular weight excluding hydrogens is 408 g/mol. The summed E-state index contributed by atoms with van der Waals surface area (Å²) in [7, 11) is 0. The Hall–Kier alpha value is -2.69. The molecule has 1 amide bonds. The molecule has 2 saturated carbocycles. The molecule has 2 fully saturated rings. The highest BCUT2D eigenvalue weighted by Crippen LogP contribution is 2.45. The number of rotatable bonds is 9. The number of fused-ring (bicyclic) bond motifs is 1. The minimum atomic E-state index is -0.662. The predicted molar refractivity (Wildman–Crippen MR) is 133 cm³/mol. The van der Waals surface area contributed by atoms with Crippen LogP contribution in [-0.2, 0) is 0 Å². The molecule has 4 heteroatoms. The van der Waals surface area contributed by atoms with Crippen molar-refractivity contribution in [3.63, 3.8) is 0 Å². The molecule has 2 N–H and O–H groups in total. The predicted octanol–water partition coefficient (Wildman–Crippen LogP) is 5.12. The van der Waals surface area contributed by atoms with Gasteiger partial charge < -0.3 is 10.4 Å². The summed E-state index contributed by atoms with van der Waals surface area (Å²) < 4.78 is 0. The fourth-order valence-electron chi connectivity index (χ4n) is 5.49. The number of amides is 1. The van der Waals surface area contributed by atoms with Crippen LogP contribution in [-0.4, -0.2) is 46.7 Å². The standard InChI is InChI=1S/C29H34N2O2/c1-2-15-31(27-18-26(27)22-9-4-3-5-10-22)16-14-29(33)19-25(20-29)30-28(32)24-13-12-21-8-6-7-11-23(21)17-24/h3-13,17,25-27,33H,2,14-16,18-20H2,1H3,(H,30,32)/t25?,26-,27+,29?/m1/s1. The first-order valence-corrected chi connectivity index (χ1v) is 12.4. The number of nitrogens with zero attached hydrogens (tertiary/aromatic N) is 1. The first kappa shape index (κ1) is 22.1. The lowest BCUT2D eigenvalue weighted by atomic mass is 9.73. The molecule has 33 heavy (non-hydrogen) atoms. The summed E-state index contributed by atoms with van der Waals surface area (Å²) in [4.78, 5) is 15.3. The highest BCUT2D eigenvalue weighted by Gasteiger charge is 2.46. The molecule has 0 heterocycles. The smallest absolute Gasteiger partial charge is 0.251 e. The maximum absolute atomic E-state index is 12.7. The lowest BCUT2D eigenvalue weighted by molar-refractivity contribution is -0.0654. The molecule has 172 valence electrons. The van der Waals surface area contributed by atoms with E-state index in [1.165, 1.54) is 12.0 Å². The average Bonchev–Trinajstić information content (AvgIpc) is 3.62. The minimum absolute atomic E-state index is 0.0478. The van der Waals surface area contributed by atoms with E-state index in [1.54, 1.807) is 0 Å². The number of carbonyl (C=O) groups excluding carboxylic acids is 1. The van der Waals surface area contributed by atoms with Crippen molar-refractivity contribution in [1.29, 1.82) is 0 Å². The Kier molecular flexibility index (Phi) is 6.22. The van der Waals surface area contributed by atoms with Crippen molar-refractivity contribution in [2.75, 3.05) is 13.1 Å². The first-order chi connectivity index (χ1) is 16.0. The molecular formula is C29H34N2O2. The zero-order valence-corrected chi connectivity index (χ0v) is 19.4. The van der Waals surface area contributed by atoms with Gasteiger partial charge in [-0.2, -0.15) is 0 Å². The van der Waals surface area contributed by atoms with Crippen LogP contribution >= 0.6 is 0 Å². The molecule has 0 aromatic heterocycles. The van der Waals surface area contributed by atoms with Gasteiger partial charge in [0.15, 0.2) is 0 Å². The lowest BCUT2D eigenvalue weighted by Gasteiger charge is -2.45. The zero-order valence-electron chi connectivity index (χ0n) is 19.4.